The molecule has 1 aliphatic heterocycles. The fraction of sp³-hybridized carbons (Fsp3) is 0.731. The number of hydrogen-bond acceptors (Lipinski definition) is 2. The smallest absolute Gasteiger partial charge is 0.226 e. The first-order valence-electron chi connectivity index (χ1n) is 12.0. The van der Waals surface area contributed by atoms with Crippen LogP contribution in [-0.2, 0) is 10.2 Å². The Labute approximate surface area is 176 Å². The molecule has 29 heavy (non-hydrogen) atoms. The molecular weight excluding hydrogens is 356 g/mol. The molecule has 158 valence electrons. The number of carbonyl (C=O) groups excluding carboxylic acids is 1. The predicted octanol–water partition coefficient (Wildman–Crippen LogP) is 4.68. The number of likely N-dealkylation sites (tertiary alicyclic amines) is 1. The van der Waals surface area contributed by atoms with E-state index in [-0.39, 0.29) is 10.8 Å². The van der Waals surface area contributed by atoms with Crippen molar-refractivity contribution in [2.45, 2.75) is 77.2 Å². The van der Waals surface area contributed by atoms with E-state index in [4.69, 9.17) is 0 Å². The van der Waals surface area contributed by atoms with Crippen molar-refractivity contribution in [2.24, 2.45) is 23.2 Å². The molecule has 1 N–H and O–H groups in total. The van der Waals surface area contributed by atoms with Gasteiger partial charge in [0.25, 0.3) is 0 Å². The summed E-state index contributed by atoms with van der Waals surface area (Å²) in [6.45, 7) is 9.92. The second kappa shape index (κ2) is 7.11. The normalized spacial score (nSPS) is 38.7. The molecule has 3 unspecified atom stereocenters. The number of hydrogen-bond donors (Lipinski definition) is 1. The third kappa shape index (κ3) is 3.44. The fourth-order valence-electron chi connectivity index (χ4n) is 7.70. The number of rotatable bonds is 5. The standard InChI is InChI=1S/C26H38N2O/c1-18(2)28-9-8-20(16-28)15-27-24(29)26-13-21-10-22(14-26)12-25(11-21,17-26)23-6-4-19(3)5-7-23/h4-7,18,20-22H,8-17H2,1-3H3,(H,27,29). The maximum atomic E-state index is 13.6. The van der Waals surface area contributed by atoms with Gasteiger partial charge in [0.15, 0.2) is 0 Å². The van der Waals surface area contributed by atoms with Gasteiger partial charge in [-0.25, -0.2) is 0 Å². The molecule has 0 radical (unpaired) electrons. The van der Waals surface area contributed by atoms with Gasteiger partial charge in [0.05, 0.1) is 5.41 Å². The van der Waals surface area contributed by atoms with Gasteiger partial charge in [0.1, 0.15) is 0 Å². The number of benzene rings is 1. The quantitative estimate of drug-likeness (QED) is 0.786. The van der Waals surface area contributed by atoms with Crippen molar-refractivity contribution in [1.29, 1.82) is 0 Å². The fourth-order valence-corrected chi connectivity index (χ4v) is 7.70. The van der Waals surface area contributed by atoms with Crippen molar-refractivity contribution in [3.63, 3.8) is 0 Å². The molecule has 5 aliphatic rings. The van der Waals surface area contributed by atoms with E-state index in [1.54, 1.807) is 0 Å². The van der Waals surface area contributed by atoms with Crippen molar-refractivity contribution in [3.05, 3.63) is 35.4 Å². The average Bonchev–Trinajstić information content (AvgIpc) is 3.15. The van der Waals surface area contributed by atoms with E-state index < -0.39 is 0 Å². The maximum absolute atomic E-state index is 13.6. The number of nitrogens with zero attached hydrogens (tertiary/aromatic N) is 1. The molecule has 3 heteroatoms. The van der Waals surface area contributed by atoms with Crippen molar-refractivity contribution < 1.29 is 4.79 Å². The van der Waals surface area contributed by atoms with E-state index in [2.05, 4.69) is 55.3 Å². The summed E-state index contributed by atoms with van der Waals surface area (Å²) in [5.41, 5.74) is 2.97. The van der Waals surface area contributed by atoms with Crippen molar-refractivity contribution in [3.8, 4) is 0 Å². The van der Waals surface area contributed by atoms with Crippen molar-refractivity contribution in [1.82, 2.24) is 10.2 Å². The van der Waals surface area contributed by atoms with Crippen LogP contribution in [-0.4, -0.2) is 36.5 Å². The maximum Gasteiger partial charge on any atom is 0.226 e. The molecule has 1 heterocycles. The topological polar surface area (TPSA) is 32.3 Å². The van der Waals surface area contributed by atoms with E-state index in [0.29, 0.717) is 17.9 Å². The van der Waals surface area contributed by atoms with Gasteiger partial charge in [0, 0.05) is 19.1 Å². The van der Waals surface area contributed by atoms with Crippen LogP contribution in [0.5, 0.6) is 0 Å². The van der Waals surface area contributed by atoms with Crippen LogP contribution in [0.3, 0.4) is 0 Å². The molecule has 1 amide bonds. The zero-order valence-electron chi connectivity index (χ0n) is 18.5. The molecule has 0 spiro atoms. The lowest BCUT2D eigenvalue weighted by atomic mass is 9.42. The lowest BCUT2D eigenvalue weighted by Crippen LogP contribution is -2.59. The molecule has 1 saturated heterocycles. The molecule has 1 aromatic rings. The molecule has 1 aromatic carbocycles. The van der Waals surface area contributed by atoms with Gasteiger partial charge < -0.3 is 10.2 Å². The van der Waals surface area contributed by atoms with Crippen LogP contribution in [0.15, 0.2) is 24.3 Å². The number of carbonyl (C=O) groups is 1. The van der Waals surface area contributed by atoms with E-state index in [9.17, 15) is 4.79 Å². The monoisotopic (exact) mass is 394 g/mol. The summed E-state index contributed by atoms with van der Waals surface area (Å²) >= 11 is 0. The summed E-state index contributed by atoms with van der Waals surface area (Å²) in [5.74, 6) is 2.49. The molecule has 0 aromatic heterocycles. The van der Waals surface area contributed by atoms with E-state index in [1.807, 2.05) is 0 Å². The van der Waals surface area contributed by atoms with Crippen LogP contribution in [0.1, 0.15) is 69.9 Å². The molecule has 4 aliphatic carbocycles. The predicted molar refractivity (Wildman–Crippen MR) is 118 cm³/mol. The van der Waals surface area contributed by atoms with E-state index >= 15 is 0 Å². The Kier molecular flexibility index (Phi) is 4.81. The van der Waals surface area contributed by atoms with Gasteiger partial charge in [-0.05, 0) is 101 Å². The Bertz CT molecular complexity index is 753. The van der Waals surface area contributed by atoms with Gasteiger partial charge in [-0.1, -0.05) is 29.8 Å². The third-order valence-corrected chi connectivity index (χ3v) is 8.81. The van der Waals surface area contributed by atoms with Crippen LogP contribution in [0.4, 0.5) is 0 Å². The first-order chi connectivity index (χ1) is 13.9. The Morgan fingerprint density at radius 1 is 1.14 bits per heavy atom. The summed E-state index contributed by atoms with van der Waals surface area (Å²) < 4.78 is 0. The Hall–Kier alpha value is -1.35. The minimum Gasteiger partial charge on any atom is -0.355 e. The second-order valence-electron chi connectivity index (χ2n) is 11.3. The SMILES string of the molecule is Cc1ccc(C23CC4CC(CC(C(=O)NCC5CCN(C(C)C)C5)(C4)C2)C3)cc1. The minimum atomic E-state index is -0.106. The Morgan fingerprint density at radius 3 is 2.45 bits per heavy atom. The number of amides is 1. The summed E-state index contributed by atoms with van der Waals surface area (Å²) in [6.07, 6.45) is 8.52. The molecular formula is C26H38N2O. The van der Waals surface area contributed by atoms with E-state index in [0.717, 1.165) is 44.2 Å². The lowest BCUT2D eigenvalue weighted by Gasteiger charge is -2.61. The van der Waals surface area contributed by atoms with Crippen LogP contribution in [0, 0.1) is 30.1 Å². The molecule has 3 atom stereocenters. The van der Waals surface area contributed by atoms with Crippen LogP contribution < -0.4 is 5.32 Å². The summed E-state index contributed by atoms with van der Waals surface area (Å²) in [4.78, 5) is 16.1. The highest BCUT2D eigenvalue weighted by atomic mass is 16.2. The van der Waals surface area contributed by atoms with E-state index in [1.165, 1.54) is 43.4 Å². The highest BCUT2D eigenvalue weighted by Gasteiger charge is 2.60. The largest absolute Gasteiger partial charge is 0.355 e. The van der Waals surface area contributed by atoms with Crippen molar-refractivity contribution >= 4 is 5.91 Å². The van der Waals surface area contributed by atoms with Gasteiger partial charge in [0.2, 0.25) is 5.91 Å². The first-order valence-corrected chi connectivity index (χ1v) is 12.0. The Balaban J connectivity index is 1.31. The zero-order valence-corrected chi connectivity index (χ0v) is 18.5. The molecule has 5 fully saturated rings. The average molecular weight is 395 g/mol. The second-order valence-corrected chi connectivity index (χ2v) is 11.3. The van der Waals surface area contributed by atoms with Gasteiger partial charge in [-0.2, -0.15) is 0 Å². The molecule has 4 bridgehead atoms. The number of nitrogens with one attached hydrogen (secondary N) is 1. The van der Waals surface area contributed by atoms with Gasteiger partial charge in [-0.15, -0.1) is 0 Å². The zero-order chi connectivity index (χ0) is 20.2. The minimum absolute atomic E-state index is 0.106. The lowest BCUT2D eigenvalue weighted by molar-refractivity contribution is -0.149. The third-order valence-electron chi connectivity index (χ3n) is 8.81. The van der Waals surface area contributed by atoms with Crippen LogP contribution in [0.2, 0.25) is 0 Å². The molecule has 6 rings (SSSR count). The summed E-state index contributed by atoms with van der Waals surface area (Å²) in [5, 5.41) is 3.45. The van der Waals surface area contributed by atoms with Crippen molar-refractivity contribution in [2.75, 3.05) is 19.6 Å². The van der Waals surface area contributed by atoms with Crippen LogP contribution >= 0.6 is 0 Å². The van der Waals surface area contributed by atoms with Gasteiger partial charge >= 0.3 is 0 Å². The van der Waals surface area contributed by atoms with Gasteiger partial charge in [-0.3, -0.25) is 4.79 Å². The molecule has 4 saturated carbocycles. The highest BCUT2D eigenvalue weighted by Crippen LogP contribution is 2.65. The first kappa shape index (κ1) is 19.6. The summed E-state index contributed by atoms with van der Waals surface area (Å²) in [7, 11) is 0. The molecule has 3 nitrogen and oxygen atoms in total. The van der Waals surface area contributed by atoms with Crippen LogP contribution in [0.25, 0.3) is 0 Å². The Morgan fingerprint density at radius 2 is 1.83 bits per heavy atom. The summed E-state index contributed by atoms with van der Waals surface area (Å²) in [6, 6.07) is 9.86. The highest BCUT2D eigenvalue weighted by molar-refractivity contribution is 5.83. The number of aryl methyl sites for hydroxylation is 1.